The predicted molar refractivity (Wildman–Crippen MR) is 125 cm³/mol. The lowest BCUT2D eigenvalue weighted by Crippen LogP contribution is -2.54. The number of aliphatic imine (C=N–C) groups is 1. The number of aliphatic hydroxyl groups excluding tert-OH is 1. The molecule has 0 saturated carbocycles. The van der Waals surface area contributed by atoms with E-state index in [9.17, 15) is 4.79 Å². The van der Waals surface area contributed by atoms with E-state index in [0.29, 0.717) is 31.1 Å². The molecule has 32 heavy (non-hydrogen) atoms. The molecule has 0 fully saturated rings. The van der Waals surface area contributed by atoms with Crippen molar-refractivity contribution >= 4 is 17.9 Å². The maximum absolute atomic E-state index is 13.2. The first-order valence-corrected chi connectivity index (χ1v) is 10.8. The Hall–Kier alpha value is -3.16. The predicted octanol–water partition coefficient (Wildman–Crippen LogP) is 3.05. The van der Waals surface area contributed by atoms with Crippen LogP contribution in [0.15, 0.2) is 65.7 Å². The fourth-order valence-corrected chi connectivity index (χ4v) is 3.42. The number of hydrogen-bond donors (Lipinski definition) is 2. The summed E-state index contributed by atoms with van der Waals surface area (Å²) in [6, 6.07) is 17.3. The Balaban J connectivity index is 1.83. The van der Waals surface area contributed by atoms with E-state index in [-0.39, 0.29) is 12.5 Å². The van der Waals surface area contributed by atoms with Crippen LogP contribution in [0.25, 0.3) is 6.08 Å². The number of amides is 1. The van der Waals surface area contributed by atoms with Gasteiger partial charge in [0.25, 0.3) is 5.91 Å². The van der Waals surface area contributed by atoms with Gasteiger partial charge in [0.1, 0.15) is 11.9 Å². The van der Waals surface area contributed by atoms with Gasteiger partial charge in [-0.1, -0.05) is 42.5 Å². The van der Waals surface area contributed by atoms with Gasteiger partial charge in [0.15, 0.2) is 5.54 Å². The molecule has 1 heterocycles. The third-order valence-corrected chi connectivity index (χ3v) is 5.19. The summed E-state index contributed by atoms with van der Waals surface area (Å²) in [7, 11) is 3.54. The lowest BCUT2D eigenvalue weighted by molar-refractivity contribution is -0.132. The van der Waals surface area contributed by atoms with Crippen LogP contribution in [0.2, 0.25) is 0 Å². The molecule has 1 amide bonds. The van der Waals surface area contributed by atoms with Crippen LogP contribution in [0, 0.1) is 0 Å². The molecule has 0 bridgehead atoms. The lowest BCUT2D eigenvalue weighted by Gasteiger charge is -2.28. The summed E-state index contributed by atoms with van der Waals surface area (Å²) in [5.41, 5.74) is 3.60. The molecule has 2 atom stereocenters. The van der Waals surface area contributed by atoms with Gasteiger partial charge in [-0.15, -0.1) is 0 Å². The Morgan fingerprint density at radius 2 is 1.94 bits per heavy atom. The van der Waals surface area contributed by atoms with Crippen molar-refractivity contribution in [2.24, 2.45) is 4.99 Å². The number of aliphatic hydroxyl groups is 1. The quantitative estimate of drug-likeness (QED) is 0.441. The molecule has 1 aliphatic rings. The smallest absolute Gasteiger partial charge is 0.266 e. The highest BCUT2D eigenvalue weighted by atomic mass is 16.5. The van der Waals surface area contributed by atoms with Crippen LogP contribution in [-0.2, 0) is 9.53 Å². The van der Waals surface area contributed by atoms with Crippen LogP contribution in [0.4, 0.5) is 0 Å². The van der Waals surface area contributed by atoms with Gasteiger partial charge < -0.3 is 14.6 Å². The highest BCUT2D eigenvalue weighted by molar-refractivity contribution is 6.00. The first-order valence-electron chi connectivity index (χ1n) is 10.8. The van der Waals surface area contributed by atoms with Crippen molar-refractivity contribution in [2.45, 2.75) is 31.4 Å². The zero-order valence-corrected chi connectivity index (χ0v) is 18.8. The highest BCUT2D eigenvalue weighted by Crippen LogP contribution is 2.33. The fraction of sp³-hybridized carbons (Fsp3) is 0.360. The molecule has 0 unspecified atom stereocenters. The fourth-order valence-electron chi connectivity index (χ4n) is 3.42. The molecule has 2 N–H and O–H groups in total. The van der Waals surface area contributed by atoms with Crippen molar-refractivity contribution in [2.75, 3.05) is 27.3 Å². The van der Waals surface area contributed by atoms with Crippen molar-refractivity contribution in [1.82, 2.24) is 10.4 Å². The summed E-state index contributed by atoms with van der Waals surface area (Å²) < 4.78 is 11.7. The van der Waals surface area contributed by atoms with Crippen molar-refractivity contribution in [1.29, 1.82) is 0 Å². The topological polar surface area (TPSA) is 83.4 Å². The van der Waals surface area contributed by atoms with Gasteiger partial charge in [0, 0.05) is 39.1 Å². The molecule has 1 aliphatic heterocycles. The van der Waals surface area contributed by atoms with Crippen LogP contribution >= 0.6 is 0 Å². The second kappa shape index (κ2) is 10.9. The van der Waals surface area contributed by atoms with Crippen molar-refractivity contribution < 1.29 is 19.4 Å². The van der Waals surface area contributed by atoms with Crippen LogP contribution in [0.1, 0.15) is 30.9 Å². The van der Waals surface area contributed by atoms with Crippen LogP contribution in [-0.4, -0.2) is 60.9 Å². The van der Waals surface area contributed by atoms with Gasteiger partial charge in [-0.3, -0.25) is 10.2 Å². The third-order valence-electron chi connectivity index (χ3n) is 5.19. The molecule has 3 rings (SSSR count). The zero-order valence-electron chi connectivity index (χ0n) is 18.8. The third kappa shape index (κ3) is 5.75. The van der Waals surface area contributed by atoms with E-state index in [1.54, 1.807) is 19.1 Å². The number of carbonyl (C=O) groups is 1. The highest BCUT2D eigenvalue weighted by Gasteiger charge is 2.49. The van der Waals surface area contributed by atoms with E-state index in [1.807, 2.05) is 73.7 Å². The van der Waals surface area contributed by atoms with E-state index in [2.05, 4.69) is 5.43 Å². The van der Waals surface area contributed by atoms with Gasteiger partial charge in [-0.2, -0.15) is 0 Å². The summed E-state index contributed by atoms with van der Waals surface area (Å²) in [6.45, 7) is 2.41. The minimum absolute atomic E-state index is 0.0937. The van der Waals surface area contributed by atoms with Crippen molar-refractivity contribution in [3.8, 4) is 5.75 Å². The van der Waals surface area contributed by atoms with E-state index < -0.39 is 11.6 Å². The zero-order chi connectivity index (χ0) is 23.0. The second-order valence-electron chi connectivity index (χ2n) is 7.90. The summed E-state index contributed by atoms with van der Waals surface area (Å²) in [5.74, 6) is 0.921. The average molecular weight is 438 g/mol. The average Bonchev–Trinajstić information content (AvgIpc) is 3.12. The number of hydrogen-bond acceptors (Lipinski definition) is 6. The number of carbonyl (C=O) groups excluding carboxylic acids is 1. The number of benzene rings is 2. The maximum atomic E-state index is 13.2. The number of nitrogens with one attached hydrogen (secondary N) is 1. The Labute approximate surface area is 189 Å². The Morgan fingerprint density at radius 1 is 1.22 bits per heavy atom. The SMILES string of the molecule is C[C@@H]1OC(c2ccc(OCCCO)cc2)=N[C@]1(C/C=C/c1ccccc1)C(=O)NN(C)C. The molecular formula is C25H31N3O4. The Morgan fingerprint density at radius 3 is 2.59 bits per heavy atom. The first-order chi connectivity index (χ1) is 15.4. The van der Waals surface area contributed by atoms with Crippen LogP contribution in [0.5, 0.6) is 5.75 Å². The molecule has 0 spiro atoms. The monoisotopic (exact) mass is 437 g/mol. The molecule has 7 nitrogen and oxygen atoms in total. The van der Waals surface area contributed by atoms with Crippen molar-refractivity contribution in [3.63, 3.8) is 0 Å². The number of hydrazine groups is 1. The van der Waals surface area contributed by atoms with Crippen molar-refractivity contribution in [3.05, 3.63) is 71.8 Å². The Kier molecular flexibility index (Phi) is 8.03. The lowest BCUT2D eigenvalue weighted by atomic mass is 9.89. The minimum Gasteiger partial charge on any atom is -0.494 e. The maximum Gasteiger partial charge on any atom is 0.266 e. The molecule has 0 radical (unpaired) electrons. The summed E-state index contributed by atoms with van der Waals surface area (Å²) in [5, 5.41) is 10.5. The molecule has 0 aromatic heterocycles. The van der Waals surface area contributed by atoms with E-state index in [0.717, 1.165) is 11.1 Å². The molecular weight excluding hydrogens is 406 g/mol. The molecule has 0 aliphatic carbocycles. The molecule has 0 saturated heterocycles. The summed E-state index contributed by atoms with van der Waals surface area (Å²) >= 11 is 0. The van der Waals surface area contributed by atoms with Gasteiger partial charge in [0.2, 0.25) is 5.90 Å². The van der Waals surface area contributed by atoms with Crippen LogP contribution in [0.3, 0.4) is 0 Å². The summed E-state index contributed by atoms with van der Waals surface area (Å²) in [4.78, 5) is 18.0. The largest absolute Gasteiger partial charge is 0.494 e. The van der Waals surface area contributed by atoms with E-state index >= 15 is 0 Å². The number of rotatable bonds is 10. The first kappa shape index (κ1) is 23.5. The molecule has 2 aromatic carbocycles. The standard InChI is InChI=1S/C25H31N3O4/c1-19-25(24(30)27-28(2)3,16-7-11-20-9-5-4-6-10-20)26-23(32-19)21-12-14-22(15-13-21)31-18-8-17-29/h4-7,9-15,19,29H,8,16-18H2,1-3H3,(H,27,30)/b11-7+/t19-,25-/m0/s1. The Bertz CT molecular complexity index is 941. The van der Waals surface area contributed by atoms with E-state index in [1.165, 1.54) is 0 Å². The van der Waals surface area contributed by atoms with Gasteiger partial charge >= 0.3 is 0 Å². The minimum atomic E-state index is -1.08. The normalized spacial score (nSPS) is 20.3. The molecule has 170 valence electrons. The number of ether oxygens (including phenoxy) is 2. The molecule has 7 heteroatoms. The van der Waals surface area contributed by atoms with Gasteiger partial charge in [0.05, 0.1) is 6.61 Å². The molecule has 2 aromatic rings. The second-order valence-corrected chi connectivity index (χ2v) is 7.90. The van der Waals surface area contributed by atoms with E-state index in [4.69, 9.17) is 19.6 Å². The summed E-state index contributed by atoms with van der Waals surface area (Å²) in [6.07, 6.45) is 4.49. The number of nitrogens with zero attached hydrogens (tertiary/aromatic N) is 2. The van der Waals surface area contributed by atoms with Gasteiger partial charge in [-0.05, 0) is 36.8 Å². The van der Waals surface area contributed by atoms with Gasteiger partial charge in [-0.25, -0.2) is 10.0 Å². The van der Waals surface area contributed by atoms with Crippen LogP contribution < -0.4 is 10.2 Å².